The minimum Gasteiger partial charge on any atom is -0.307 e. The molecule has 1 atom stereocenters. The Morgan fingerprint density at radius 1 is 1.31 bits per heavy atom. The molecule has 2 aliphatic rings. The van der Waals surface area contributed by atoms with Crippen LogP contribution in [0.2, 0.25) is 0 Å². The van der Waals surface area contributed by atoms with Crippen molar-refractivity contribution in [2.24, 2.45) is 0 Å². The first-order chi connectivity index (χ1) is 6.11. The Kier molecular flexibility index (Phi) is 1.70. The topological polar surface area (TPSA) is 56.1 Å². The van der Waals surface area contributed by atoms with Crippen LogP contribution in [-0.4, -0.2) is 24.2 Å². The Balaban J connectivity index is 2.39. The quantitative estimate of drug-likeness (QED) is 0.465. The zero-order valence-electron chi connectivity index (χ0n) is 7.68. The van der Waals surface area contributed by atoms with E-state index in [1.807, 2.05) is 0 Å². The maximum atomic E-state index is 11.6. The summed E-state index contributed by atoms with van der Waals surface area (Å²) >= 11 is 0. The Morgan fingerprint density at radius 2 is 1.92 bits per heavy atom. The molecule has 0 spiro atoms. The van der Waals surface area contributed by atoms with Gasteiger partial charge in [0, 0.05) is 29.3 Å². The smallest absolute Gasteiger partial charge is 0.186 e. The molecule has 3 heteroatoms. The summed E-state index contributed by atoms with van der Waals surface area (Å²) in [6.45, 7) is 4.23. The molecular weight excluding hydrogens is 166 g/mol. The lowest BCUT2D eigenvalue weighted by Crippen LogP contribution is -2.20. The van der Waals surface area contributed by atoms with E-state index in [9.17, 15) is 9.59 Å². The lowest BCUT2D eigenvalue weighted by atomic mass is 9.90. The van der Waals surface area contributed by atoms with Gasteiger partial charge in [0.15, 0.2) is 11.6 Å². The van der Waals surface area contributed by atoms with E-state index in [0.29, 0.717) is 16.7 Å². The highest BCUT2D eigenvalue weighted by Crippen LogP contribution is 2.23. The van der Waals surface area contributed by atoms with Crippen LogP contribution in [0.4, 0.5) is 0 Å². The molecule has 1 heterocycles. The van der Waals surface area contributed by atoms with E-state index in [2.05, 4.69) is 5.32 Å². The molecule has 1 N–H and O–H groups in total. The van der Waals surface area contributed by atoms with Crippen LogP contribution in [0.25, 0.3) is 0 Å². The maximum absolute atomic E-state index is 11.6. The molecule has 1 saturated heterocycles. The fraction of sp³-hybridized carbons (Fsp3) is 0.400. The first kappa shape index (κ1) is 8.38. The van der Waals surface area contributed by atoms with Crippen LogP contribution in [0.1, 0.15) is 13.8 Å². The molecule has 0 unspecified atom stereocenters. The zero-order chi connectivity index (χ0) is 9.59. The third-order valence-electron chi connectivity index (χ3n) is 2.61. The van der Waals surface area contributed by atoms with Crippen molar-refractivity contribution in [1.29, 1.82) is 0 Å². The normalized spacial score (nSPS) is 27.8. The fourth-order valence-electron chi connectivity index (χ4n) is 1.42. The van der Waals surface area contributed by atoms with Gasteiger partial charge in [0.05, 0.1) is 0 Å². The third kappa shape index (κ3) is 1.25. The fourth-order valence-corrected chi connectivity index (χ4v) is 1.42. The van der Waals surface area contributed by atoms with E-state index in [-0.39, 0.29) is 17.6 Å². The molecule has 2 rings (SSSR count). The largest absolute Gasteiger partial charge is 0.307 e. The number of carbonyl (C=O) groups is 2. The van der Waals surface area contributed by atoms with Crippen LogP contribution in [-0.2, 0) is 9.59 Å². The number of ketones is 2. The Hall–Kier alpha value is -1.22. The highest BCUT2D eigenvalue weighted by Gasteiger charge is 2.34. The second kappa shape index (κ2) is 2.64. The summed E-state index contributed by atoms with van der Waals surface area (Å²) in [7, 11) is 0. The van der Waals surface area contributed by atoms with Gasteiger partial charge in [-0.25, -0.2) is 0 Å². The van der Waals surface area contributed by atoms with Gasteiger partial charge in [-0.15, -0.1) is 0 Å². The SMILES string of the molecule is CC1=C(C)C(=O)C([C@@H]2CN2)=CC1=O. The van der Waals surface area contributed by atoms with E-state index < -0.39 is 0 Å². The highest BCUT2D eigenvalue weighted by atomic mass is 16.1. The molecule has 0 radical (unpaired) electrons. The average Bonchev–Trinajstić information content (AvgIpc) is 2.91. The van der Waals surface area contributed by atoms with Crippen molar-refractivity contribution >= 4 is 11.6 Å². The molecule has 0 aromatic carbocycles. The molecule has 0 saturated carbocycles. The van der Waals surface area contributed by atoms with Crippen LogP contribution in [0.15, 0.2) is 22.8 Å². The molecule has 1 fully saturated rings. The summed E-state index contributed by atoms with van der Waals surface area (Å²) in [6.07, 6.45) is 1.47. The molecule has 1 aliphatic heterocycles. The minimum atomic E-state index is -0.0270. The molecule has 68 valence electrons. The molecule has 0 bridgehead atoms. The summed E-state index contributed by atoms with van der Waals surface area (Å²) in [5, 5.41) is 3.03. The van der Waals surface area contributed by atoms with E-state index in [1.165, 1.54) is 6.08 Å². The summed E-state index contributed by atoms with van der Waals surface area (Å²) in [4.78, 5) is 23.0. The van der Waals surface area contributed by atoms with Crippen molar-refractivity contribution < 1.29 is 9.59 Å². The van der Waals surface area contributed by atoms with Crippen molar-refractivity contribution in [1.82, 2.24) is 5.32 Å². The van der Waals surface area contributed by atoms with Crippen LogP contribution in [0, 0.1) is 0 Å². The number of allylic oxidation sites excluding steroid dienone is 3. The predicted octanol–water partition coefficient (Wildman–Crippen LogP) is 0.373. The van der Waals surface area contributed by atoms with Gasteiger partial charge in [-0.05, 0) is 19.9 Å². The van der Waals surface area contributed by atoms with E-state index >= 15 is 0 Å². The summed E-state index contributed by atoms with van der Waals surface area (Å²) in [6, 6.07) is 0.125. The van der Waals surface area contributed by atoms with Gasteiger partial charge in [-0.2, -0.15) is 0 Å². The van der Waals surface area contributed by atoms with Gasteiger partial charge in [-0.3, -0.25) is 9.59 Å². The lowest BCUT2D eigenvalue weighted by molar-refractivity contribution is -0.115. The van der Waals surface area contributed by atoms with Gasteiger partial charge in [0.1, 0.15) is 0 Å². The van der Waals surface area contributed by atoms with Crippen molar-refractivity contribution in [2.75, 3.05) is 6.54 Å². The predicted molar refractivity (Wildman–Crippen MR) is 48.3 cm³/mol. The Morgan fingerprint density at radius 3 is 2.46 bits per heavy atom. The monoisotopic (exact) mass is 177 g/mol. The van der Waals surface area contributed by atoms with Crippen molar-refractivity contribution in [3.8, 4) is 0 Å². The molecule has 3 nitrogen and oxygen atoms in total. The van der Waals surface area contributed by atoms with Gasteiger partial charge in [0.25, 0.3) is 0 Å². The summed E-state index contributed by atoms with van der Waals surface area (Å²) in [5.41, 5.74) is 1.80. The number of hydrogen-bond donors (Lipinski definition) is 1. The minimum absolute atomic E-state index is 0.0205. The van der Waals surface area contributed by atoms with Gasteiger partial charge in [0.2, 0.25) is 0 Å². The highest BCUT2D eigenvalue weighted by molar-refractivity contribution is 6.22. The standard InChI is InChI=1S/C10H11NO2/c1-5-6(2)10(13)7(3-9(5)12)8-4-11-8/h3,8,11H,4H2,1-2H3/t8-/m0/s1. The number of nitrogens with one attached hydrogen (secondary N) is 1. The van der Waals surface area contributed by atoms with Crippen LogP contribution in [0.3, 0.4) is 0 Å². The van der Waals surface area contributed by atoms with E-state index in [4.69, 9.17) is 0 Å². The maximum Gasteiger partial charge on any atom is 0.186 e. The van der Waals surface area contributed by atoms with Crippen LogP contribution >= 0.6 is 0 Å². The van der Waals surface area contributed by atoms with Gasteiger partial charge >= 0.3 is 0 Å². The molecule has 0 aromatic rings. The first-order valence-corrected chi connectivity index (χ1v) is 4.32. The third-order valence-corrected chi connectivity index (χ3v) is 2.61. The number of carbonyl (C=O) groups excluding carboxylic acids is 2. The van der Waals surface area contributed by atoms with E-state index in [0.717, 1.165) is 6.54 Å². The molecule has 0 aromatic heterocycles. The van der Waals surface area contributed by atoms with Crippen molar-refractivity contribution in [3.05, 3.63) is 22.8 Å². The van der Waals surface area contributed by atoms with Crippen molar-refractivity contribution in [3.63, 3.8) is 0 Å². The first-order valence-electron chi connectivity index (χ1n) is 4.32. The molecule has 0 amide bonds. The lowest BCUT2D eigenvalue weighted by Gasteiger charge is -2.12. The number of Topliss-reactive ketones (excluding diaryl/α,β-unsaturated/α-hetero) is 1. The van der Waals surface area contributed by atoms with Crippen LogP contribution in [0.5, 0.6) is 0 Å². The Bertz CT molecular complexity index is 359. The van der Waals surface area contributed by atoms with Gasteiger partial charge < -0.3 is 5.32 Å². The summed E-state index contributed by atoms with van der Waals surface area (Å²) in [5.74, 6) is -0.00657. The second-order valence-electron chi connectivity index (χ2n) is 3.50. The average molecular weight is 177 g/mol. The van der Waals surface area contributed by atoms with Crippen molar-refractivity contribution in [2.45, 2.75) is 19.9 Å². The number of hydrogen-bond acceptors (Lipinski definition) is 3. The van der Waals surface area contributed by atoms with E-state index in [1.54, 1.807) is 13.8 Å². The molecule has 1 aliphatic carbocycles. The second-order valence-corrected chi connectivity index (χ2v) is 3.50. The zero-order valence-corrected chi connectivity index (χ0v) is 7.68. The van der Waals surface area contributed by atoms with Crippen LogP contribution < -0.4 is 5.32 Å². The molecular formula is C10H11NO2. The Labute approximate surface area is 76.5 Å². The molecule has 13 heavy (non-hydrogen) atoms. The summed E-state index contributed by atoms with van der Waals surface area (Å²) < 4.78 is 0. The van der Waals surface area contributed by atoms with Gasteiger partial charge in [-0.1, -0.05) is 0 Å². The number of rotatable bonds is 1.